The van der Waals surface area contributed by atoms with Crippen molar-refractivity contribution in [3.05, 3.63) is 41.6 Å². The average molecular weight is 464 g/mol. The molecule has 1 fully saturated rings. The smallest absolute Gasteiger partial charge is 0.405 e. The lowest BCUT2D eigenvalue weighted by Crippen LogP contribution is -2.41. The van der Waals surface area contributed by atoms with Crippen LogP contribution in [-0.4, -0.2) is 35.5 Å². The van der Waals surface area contributed by atoms with Gasteiger partial charge in [-0.15, -0.1) is 0 Å². The Morgan fingerprint density at radius 3 is 2.69 bits per heavy atom. The number of ether oxygens (including phenoxy) is 2. The molecule has 1 aliphatic carbocycles. The fourth-order valence-electron chi connectivity index (χ4n) is 4.22. The molecular formula is C24H31ClFN3O3. The Bertz CT molecular complexity index is 942. The molecule has 3 unspecified atom stereocenters. The predicted molar refractivity (Wildman–Crippen MR) is 125 cm³/mol. The Morgan fingerprint density at radius 2 is 2.06 bits per heavy atom. The number of rotatable bonds is 9. The lowest BCUT2D eigenvalue weighted by Gasteiger charge is -2.30. The maximum absolute atomic E-state index is 13.4. The second-order valence-electron chi connectivity index (χ2n) is 9.08. The summed E-state index contributed by atoms with van der Waals surface area (Å²) in [5.41, 5.74) is 6.22. The number of nitrogens with two attached hydrogens (primary N) is 1. The number of hydrogen-bond donors (Lipinski definition) is 2. The van der Waals surface area contributed by atoms with Gasteiger partial charge in [-0.25, -0.2) is 14.2 Å². The number of benzene rings is 1. The normalized spacial score (nSPS) is 20.1. The number of aromatic nitrogens is 1. The number of amides is 1. The molecule has 6 nitrogen and oxygen atoms in total. The number of carbonyl (C=O) groups is 1. The minimum Gasteiger partial charge on any atom is -0.488 e. The SMILES string of the molecule is CC(C)CC(C)(COc1ccc(-c2ccnc(NC3CCC(F)C3)c2)cc1Cl)OC(N)=O. The first-order valence-electron chi connectivity index (χ1n) is 10.9. The number of nitrogens with one attached hydrogen (secondary N) is 1. The van der Waals surface area contributed by atoms with Crippen molar-refractivity contribution in [2.24, 2.45) is 11.7 Å². The minimum atomic E-state index is -0.855. The van der Waals surface area contributed by atoms with Crippen molar-refractivity contribution in [3.63, 3.8) is 0 Å². The van der Waals surface area contributed by atoms with Gasteiger partial charge < -0.3 is 20.5 Å². The van der Waals surface area contributed by atoms with Gasteiger partial charge in [0.1, 0.15) is 29.9 Å². The molecule has 1 aromatic carbocycles. The van der Waals surface area contributed by atoms with Crippen LogP contribution >= 0.6 is 11.6 Å². The minimum absolute atomic E-state index is 0.106. The number of halogens is 2. The van der Waals surface area contributed by atoms with E-state index >= 15 is 0 Å². The van der Waals surface area contributed by atoms with E-state index in [2.05, 4.69) is 10.3 Å². The largest absolute Gasteiger partial charge is 0.488 e. The van der Waals surface area contributed by atoms with Crippen LogP contribution in [0.4, 0.5) is 15.0 Å². The standard InChI is InChI=1S/C24H31ClFN3O3/c1-15(2)13-24(3,32-23(27)30)14-31-21-7-4-16(10-20(21)25)17-8-9-28-22(11-17)29-19-6-5-18(26)12-19/h4,7-11,15,18-19H,5-6,12-14H2,1-3H3,(H2,27,30)(H,28,29). The van der Waals surface area contributed by atoms with Crippen LogP contribution in [0.2, 0.25) is 5.02 Å². The number of alkyl halides is 1. The third-order valence-electron chi connectivity index (χ3n) is 5.47. The molecule has 0 bridgehead atoms. The molecule has 174 valence electrons. The molecule has 0 radical (unpaired) electrons. The molecule has 1 aromatic heterocycles. The van der Waals surface area contributed by atoms with Crippen LogP contribution in [0.25, 0.3) is 11.1 Å². The van der Waals surface area contributed by atoms with E-state index in [1.807, 2.05) is 38.1 Å². The summed E-state index contributed by atoms with van der Waals surface area (Å²) < 4.78 is 24.6. The van der Waals surface area contributed by atoms with Gasteiger partial charge in [0.15, 0.2) is 0 Å². The average Bonchev–Trinajstić information content (AvgIpc) is 3.10. The number of pyridine rings is 1. The van der Waals surface area contributed by atoms with Crippen LogP contribution < -0.4 is 15.8 Å². The van der Waals surface area contributed by atoms with Crippen LogP contribution in [0.3, 0.4) is 0 Å². The zero-order chi connectivity index (χ0) is 23.3. The van der Waals surface area contributed by atoms with E-state index in [9.17, 15) is 9.18 Å². The number of hydrogen-bond acceptors (Lipinski definition) is 5. The Morgan fingerprint density at radius 1 is 1.31 bits per heavy atom. The third kappa shape index (κ3) is 6.73. The quantitative estimate of drug-likeness (QED) is 0.477. The summed E-state index contributed by atoms with van der Waals surface area (Å²) in [6.45, 7) is 5.99. The highest BCUT2D eigenvalue weighted by molar-refractivity contribution is 6.32. The topological polar surface area (TPSA) is 86.5 Å². The van der Waals surface area contributed by atoms with Gasteiger partial charge in [-0.1, -0.05) is 31.5 Å². The Labute approximate surface area is 193 Å². The van der Waals surface area contributed by atoms with E-state index in [-0.39, 0.29) is 18.6 Å². The molecule has 0 aliphatic heterocycles. The fourth-order valence-corrected chi connectivity index (χ4v) is 4.46. The van der Waals surface area contributed by atoms with Crippen molar-refractivity contribution >= 4 is 23.5 Å². The summed E-state index contributed by atoms with van der Waals surface area (Å²) in [7, 11) is 0. The van der Waals surface area contributed by atoms with E-state index in [0.29, 0.717) is 35.9 Å². The molecular weight excluding hydrogens is 433 g/mol. The highest BCUT2D eigenvalue weighted by atomic mass is 35.5. The highest BCUT2D eigenvalue weighted by Gasteiger charge is 2.31. The predicted octanol–water partition coefficient (Wildman–Crippen LogP) is 5.98. The van der Waals surface area contributed by atoms with Gasteiger partial charge in [0.25, 0.3) is 0 Å². The first-order chi connectivity index (χ1) is 15.1. The van der Waals surface area contributed by atoms with Crippen LogP contribution in [0.1, 0.15) is 46.5 Å². The lowest BCUT2D eigenvalue weighted by molar-refractivity contribution is -0.0185. The molecule has 1 saturated carbocycles. The van der Waals surface area contributed by atoms with E-state index in [4.69, 9.17) is 26.8 Å². The number of primary amides is 1. The zero-order valence-electron chi connectivity index (χ0n) is 18.7. The summed E-state index contributed by atoms with van der Waals surface area (Å²) >= 11 is 6.48. The van der Waals surface area contributed by atoms with Crippen molar-refractivity contribution in [1.29, 1.82) is 0 Å². The Hall–Kier alpha value is -2.54. The van der Waals surface area contributed by atoms with Gasteiger partial charge >= 0.3 is 6.09 Å². The van der Waals surface area contributed by atoms with Crippen molar-refractivity contribution in [1.82, 2.24) is 4.98 Å². The zero-order valence-corrected chi connectivity index (χ0v) is 19.5. The summed E-state index contributed by atoms with van der Waals surface area (Å²) in [5, 5.41) is 3.76. The van der Waals surface area contributed by atoms with E-state index < -0.39 is 17.9 Å². The first kappa shape index (κ1) is 24.1. The summed E-state index contributed by atoms with van der Waals surface area (Å²) in [6.07, 6.45) is 2.66. The molecule has 3 rings (SSSR count). The van der Waals surface area contributed by atoms with Gasteiger partial charge in [-0.3, -0.25) is 0 Å². The molecule has 1 aliphatic rings. The number of carbonyl (C=O) groups excluding carboxylic acids is 1. The van der Waals surface area contributed by atoms with Gasteiger partial charge in [0.2, 0.25) is 0 Å². The monoisotopic (exact) mass is 463 g/mol. The molecule has 3 N–H and O–H groups in total. The van der Waals surface area contributed by atoms with Crippen LogP contribution in [0.5, 0.6) is 5.75 Å². The Kier molecular flexibility index (Phi) is 7.82. The first-order valence-corrected chi connectivity index (χ1v) is 11.3. The maximum Gasteiger partial charge on any atom is 0.405 e. The number of anilines is 1. The van der Waals surface area contributed by atoms with E-state index in [1.165, 1.54) is 0 Å². The van der Waals surface area contributed by atoms with Gasteiger partial charge in [0.05, 0.1) is 5.02 Å². The summed E-state index contributed by atoms with van der Waals surface area (Å²) in [6, 6.07) is 9.44. The molecule has 2 aromatic rings. The molecule has 8 heteroatoms. The van der Waals surface area contributed by atoms with Gasteiger partial charge in [-0.05, 0) is 73.9 Å². The van der Waals surface area contributed by atoms with Gasteiger partial charge in [0, 0.05) is 12.2 Å². The van der Waals surface area contributed by atoms with Crippen molar-refractivity contribution < 1.29 is 18.7 Å². The highest BCUT2D eigenvalue weighted by Crippen LogP contribution is 2.33. The molecule has 32 heavy (non-hydrogen) atoms. The van der Waals surface area contributed by atoms with Crippen molar-refractivity contribution in [2.75, 3.05) is 11.9 Å². The second-order valence-corrected chi connectivity index (χ2v) is 9.49. The summed E-state index contributed by atoms with van der Waals surface area (Å²) in [5.74, 6) is 1.49. The van der Waals surface area contributed by atoms with Crippen LogP contribution in [0, 0.1) is 5.92 Å². The lowest BCUT2D eigenvalue weighted by atomic mass is 9.95. The van der Waals surface area contributed by atoms with E-state index in [1.54, 1.807) is 19.2 Å². The van der Waals surface area contributed by atoms with Crippen molar-refractivity contribution in [3.8, 4) is 16.9 Å². The van der Waals surface area contributed by atoms with Crippen molar-refractivity contribution in [2.45, 2.75) is 64.3 Å². The molecule has 1 amide bonds. The van der Waals surface area contributed by atoms with Gasteiger partial charge in [-0.2, -0.15) is 0 Å². The molecule has 1 heterocycles. The fraction of sp³-hybridized carbons (Fsp3) is 0.500. The molecule has 0 spiro atoms. The molecule has 0 saturated heterocycles. The summed E-state index contributed by atoms with van der Waals surface area (Å²) in [4.78, 5) is 15.7. The number of nitrogens with zero attached hydrogens (tertiary/aromatic N) is 1. The van der Waals surface area contributed by atoms with E-state index in [0.717, 1.165) is 17.5 Å². The third-order valence-corrected chi connectivity index (χ3v) is 5.76. The van der Waals surface area contributed by atoms with Crippen LogP contribution in [-0.2, 0) is 4.74 Å². The maximum atomic E-state index is 13.4. The second kappa shape index (κ2) is 10.4. The molecule has 3 atom stereocenters. The van der Waals surface area contributed by atoms with Crippen LogP contribution in [0.15, 0.2) is 36.5 Å². The Balaban J connectivity index is 1.69.